The quantitative estimate of drug-likeness (QED) is 0.838. The van der Waals surface area contributed by atoms with Gasteiger partial charge in [-0.2, -0.15) is 0 Å². The van der Waals surface area contributed by atoms with Gasteiger partial charge in [0.15, 0.2) is 11.6 Å². The number of hydrogen-bond acceptors (Lipinski definition) is 2. The largest absolute Gasteiger partial charge is 0.313 e. The minimum atomic E-state index is -1.14. The van der Waals surface area contributed by atoms with Crippen molar-refractivity contribution in [1.82, 2.24) is 10.2 Å². The van der Waals surface area contributed by atoms with E-state index in [0.29, 0.717) is 18.7 Å². The predicted molar refractivity (Wildman–Crippen MR) is 77.5 cm³/mol. The molecule has 21 heavy (non-hydrogen) atoms. The maximum Gasteiger partial charge on any atom is 0.161 e. The molecule has 1 saturated heterocycles. The minimum Gasteiger partial charge on any atom is -0.313 e. The molecular formula is C16H23F3N2. The summed E-state index contributed by atoms with van der Waals surface area (Å²) in [4.78, 5) is 2.10. The molecule has 5 heteroatoms. The van der Waals surface area contributed by atoms with E-state index < -0.39 is 17.5 Å². The smallest absolute Gasteiger partial charge is 0.161 e. The molecule has 118 valence electrons. The van der Waals surface area contributed by atoms with Crippen LogP contribution in [0, 0.1) is 17.5 Å². The molecule has 0 amide bonds. The molecule has 1 unspecified atom stereocenters. The normalized spacial score (nSPS) is 19.5. The number of nitrogens with zero attached hydrogens (tertiary/aromatic N) is 1. The lowest BCUT2D eigenvalue weighted by Crippen LogP contribution is -2.45. The van der Waals surface area contributed by atoms with Gasteiger partial charge >= 0.3 is 0 Å². The SMILES string of the molecule is CC(C)N(Cc1cc(F)c(F)cc1F)CC1CCCCN1. The summed E-state index contributed by atoms with van der Waals surface area (Å²) < 4.78 is 40.1. The van der Waals surface area contributed by atoms with Gasteiger partial charge in [-0.15, -0.1) is 0 Å². The summed E-state index contributed by atoms with van der Waals surface area (Å²) in [6, 6.07) is 2.19. The highest BCUT2D eigenvalue weighted by Crippen LogP contribution is 2.18. The molecule has 1 aliphatic heterocycles. The molecule has 1 atom stereocenters. The Morgan fingerprint density at radius 2 is 1.86 bits per heavy atom. The summed E-state index contributed by atoms with van der Waals surface area (Å²) >= 11 is 0. The Labute approximate surface area is 124 Å². The molecule has 0 bridgehead atoms. The number of nitrogens with one attached hydrogen (secondary N) is 1. The van der Waals surface area contributed by atoms with Crippen molar-refractivity contribution in [2.45, 2.75) is 51.7 Å². The summed E-state index contributed by atoms with van der Waals surface area (Å²) in [6.45, 7) is 6.15. The highest BCUT2D eigenvalue weighted by Gasteiger charge is 2.20. The molecule has 1 aromatic rings. The summed E-state index contributed by atoms with van der Waals surface area (Å²) in [5.74, 6) is -2.82. The fourth-order valence-electron chi connectivity index (χ4n) is 2.72. The fraction of sp³-hybridized carbons (Fsp3) is 0.625. The third-order valence-electron chi connectivity index (χ3n) is 4.06. The molecule has 2 rings (SSSR count). The molecule has 1 heterocycles. The van der Waals surface area contributed by atoms with Crippen molar-refractivity contribution in [3.63, 3.8) is 0 Å². The van der Waals surface area contributed by atoms with Crippen LogP contribution in [0.2, 0.25) is 0 Å². The van der Waals surface area contributed by atoms with Crippen molar-refractivity contribution < 1.29 is 13.2 Å². The summed E-state index contributed by atoms with van der Waals surface area (Å²) in [6.07, 6.45) is 3.49. The molecule has 0 aromatic heterocycles. The van der Waals surface area contributed by atoms with E-state index in [4.69, 9.17) is 0 Å². The van der Waals surface area contributed by atoms with Crippen LogP contribution in [-0.4, -0.2) is 30.1 Å². The Kier molecular flexibility index (Phi) is 5.65. The van der Waals surface area contributed by atoms with Crippen LogP contribution < -0.4 is 5.32 Å². The van der Waals surface area contributed by atoms with Gasteiger partial charge in [0.1, 0.15) is 5.82 Å². The van der Waals surface area contributed by atoms with Gasteiger partial charge in [0.05, 0.1) is 0 Å². The number of rotatable bonds is 5. The zero-order valence-electron chi connectivity index (χ0n) is 12.6. The number of piperidine rings is 1. The van der Waals surface area contributed by atoms with Gasteiger partial charge in [-0.1, -0.05) is 6.42 Å². The second-order valence-electron chi connectivity index (χ2n) is 6.03. The highest BCUT2D eigenvalue weighted by molar-refractivity contribution is 5.20. The van der Waals surface area contributed by atoms with Crippen molar-refractivity contribution in [2.75, 3.05) is 13.1 Å². The first-order valence-corrected chi connectivity index (χ1v) is 7.58. The first-order valence-electron chi connectivity index (χ1n) is 7.58. The van der Waals surface area contributed by atoms with E-state index in [2.05, 4.69) is 10.2 Å². The van der Waals surface area contributed by atoms with Gasteiger partial charge in [0, 0.05) is 36.8 Å². The lowest BCUT2D eigenvalue weighted by Gasteiger charge is -2.33. The zero-order chi connectivity index (χ0) is 15.4. The number of hydrogen-bond donors (Lipinski definition) is 1. The van der Waals surface area contributed by atoms with Crippen LogP contribution in [-0.2, 0) is 6.54 Å². The topological polar surface area (TPSA) is 15.3 Å². The van der Waals surface area contributed by atoms with Gasteiger partial charge in [-0.3, -0.25) is 4.90 Å². The molecule has 1 aromatic carbocycles. The first-order chi connectivity index (χ1) is 9.97. The summed E-state index contributed by atoms with van der Waals surface area (Å²) in [5.41, 5.74) is 0.207. The number of halogens is 3. The van der Waals surface area contributed by atoms with E-state index in [1.165, 1.54) is 12.8 Å². The second kappa shape index (κ2) is 7.27. The number of benzene rings is 1. The van der Waals surface area contributed by atoms with Gasteiger partial charge in [0.25, 0.3) is 0 Å². The van der Waals surface area contributed by atoms with E-state index in [0.717, 1.165) is 25.6 Å². The minimum absolute atomic E-state index is 0.207. The Balaban J connectivity index is 2.07. The zero-order valence-corrected chi connectivity index (χ0v) is 12.6. The first kappa shape index (κ1) is 16.3. The molecular weight excluding hydrogens is 277 g/mol. The molecule has 0 spiro atoms. The standard InChI is InChI=1S/C16H23F3N2/c1-11(2)21(10-13-5-3-4-6-20-13)9-12-7-15(18)16(19)8-14(12)17/h7-8,11,13,20H,3-6,9-10H2,1-2H3. The third kappa shape index (κ3) is 4.45. The Bertz CT molecular complexity index is 471. The monoisotopic (exact) mass is 300 g/mol. The van der Waals surface area contributed by atoms with Crippen LogP contribution in [0.3, 0.4) is 0 Å². The van der Waals surface area contributed by atoms with Gasteiger partial charge in [-0.25, -0.2) is 13.2 Å². The highest BCUT2D eigenvalue weighted by atomic mass is 19.2. The molecule has 1 aliphatic rings. The predicted octanol–water partition coefficient (Wildman–Crippen LogP) is 3.46. The summed E-state index contributed by atoms with van der Waals surface area (Å²) in [7, 11) is 0. The van der Waals surface area contributed by atoms with Crippen molar-refractivity contribution >= 4 is 0 Å². The van der Waals surface area contributed by atoms with Crippen LogP contribution in [0.1, 0.15) is 38.7 Å². The molecule has 1 fully saturated rings. The van der Waals surface area contributed by atoms with E-state index in [-0.39, 0.29) is 11.6 Å². The molecule has 0 aliphatic carbocycles. The van der Waals surface area contributed by atoms with Crippen LogP contribution in [0.15, 0.2) is 12.1 Å². The second-order valence-corrected chi connectivity index (χ2v) is 6.03. The fourth-order valence-corrected chi connectivity index (χ4v) is 2.72. The van der Waals surface area contributed by atoms with Gasteiger partial charge in [-0.05, 0) is 39.3 Å². The average molecular weight is 300 g/mol. The maximum atomic E-state index is 13.8. The van der Waals surface area contributed by atoms with Crippen LogP contribution in [0.4, 0.5) is 13.2 Å². The van der Waals surface area contributed by atoms with E-state index in [1.807, 2.05) is 13.8 Å². The molecule has 2 nitrogen and oxygen atoms in total. The maximum absolute atomic E-state index is 13.8. The summed E-state index contributed by atoms with van der Waals surface area (Å²) in [5, 5.41) is 3.46. The average Bonchev–Trinajstić information content (AvgIpc) is 2.44. The van der Waals surface area contributed by atoms with Crippen LogP contribution >= 0.6 is 0 Å². The van der Waals surface area contributed by atoms with E-state index in [9.17, 15) is 13.2 Å². The lowest BCUT2D eigenvalue weighted by atomic mass is 10.0. The Morgan fingerprint density at radius 1 is 1.14 bits per heavy atom. The van der Waals surface area contributed by atoms with Crippen molar-refractivity contribution in [3.8, 4) is 0 Å². The molecule has 0 saturated carbocycles. The lowest BCUT2D eigenvalue weighted by molar-refractivity contribution is 0.175. The molecule has 0 radical (unpaired) electrons. The van der Waals surface area contributed by atoms with Crippen molar-refractivity contribution in [3.05, 3.63) is 35.1 Å². The third-order valence-corrected chi connectivity index (χ3v) is 4.06. The van der Waals surface area contributed by atoms with Crippen molar-refractivity contribution in [1.29, 1.82) is 0 Å². The molecule has 1 N–H and O–H groups in total. The van der Waals surface area contributed by atoms with Gasteiger partial charge in [0.2, 0.25) is 0 Å². The van der Waals surface area contributed by atoms with Crippen molar-refractivity contribution in [2.24, 2.45) is 0 Å². The van der Waals surface area contributed by atoms with Crippen LogP contribution in [0.5, 0.6) is 0 Å². The van der Waals surface area contributed by atoms with E-state index >= 15 is 0 Å². The Morgan fingerprint density at radius 3 is 2.48 bits per heavy atom. The van der Waals surface area contributed by atoms with Crippen LogP contribution in [0.25, 0.3) is 0 Å². The van der Waals surface area contributed by atoms with E-state index in [1.54, 1.807) is 0 Å². The Hall–Kier alpha value is -1.07. The van der Waals surface area contributed by atoms with Gasteiger partial charge < -0.3 is 5.32 Å².